The van der Waals surface area contributed by atoms with Crippen LogP contribution in [-0.2, 0) is 0 Å². The van der Waals surface area contributed by atoms with Gasteiger partial charge in [-0.05, 0) is 24.3 Å². The fourth-order valence-corrected chi connectivity index (χ4v) is 2.22. The van der Waals surface area contributed by atoms with Crippen molar-refractivity contribution in [3.63, 3.8) is 0 Å². The number of anilines is 1. The third-order valence-corrected chi connectivity index (χ3v) is 3.27. The number of hydrogen-bond donors (Lipinski definition) is 2. The second-order valence-corrected chi connectivity index (χ2v) is 4.60. The molecule has 0 unspecified atom stereocenters. The maximum atomic E-state index is 9.54. The predicted molar refractivity (Wildman–Crippen MR) is 79.6 cm³/mol. The van der Waals surface area contributed by atoms with E-state index in [1.807, 2.05) is 42.6 Å². The van der Waals surface area contributed by atoms with Crippen molar-refractivity contribution in [1.82, 2.24) is 5.32 Å². The van der Waals surface area contributed by atoms with E-state index in [1.165, 1.54) is 0 Å². The Morgan fingerprint density at radius 3 is 2.80 bits per heavy atom. The summed E-state index contributed by atoms with van der Waals surface area (Å²) in [6.45, 7) is 0.693. The third-order valence-electron chi connectivity index (χ3n) is 3.27. The van der Waals surface area contributed by atoms with Gasteiger partial charge in [-0.25, -0.2) is 0 Å². The normalized spacial score (nSPS) is 13.8. The highest BCUT2D eigenvalue weighted by atomic mass is 16.5. The molecule has 2 aromatic rings. The van der Waals surface area contributed by atoms with Crippen LogP contribution in [0.25, 0.3) is 5.70 Å². The molecule has 1 heterocycles. The summed E-state index contributed by atoms with van der Waals surface area (Å²) in [5.41, 5.74) is 3.02. The van der Waals surface area contributed by atoms with Crippen molar-refractivity contribution in [3.05, 3.63) is 60.3 Å². The molecule has 0 atom stereocenters. The highest BCUT2D eigenvalue weighted by molar-refractivity contribution is 5.72. The fourth-order valence-electron chi connectivity index (χ4n) is 2.22. The first-order valence-corrected chi connectivity index (χ1v) is 6.42. The van der Waals surface area contributed by atoms with Crippen molar-refractivity contribution in [2.45, 2.75) is 0 Å². The molecule has 4 nitrogen and oxygen atoms in total. The Kier molecular flexibility index (Phi) is 3.21. The molecule has 20 heavy (non-hydrogen) atoms. The molecule has 3 rings (SSSR count). The molecule has 0 spiro atoms. The molecular formula is C16H16N2O2. The van der Waals surface area contributed by atoms with Crippen molar-refractivity contribution in [3.8, 4) is 11.5 Å². The Labute approximate surface area is 117 Å². The monoisotopic (exact) mass is 268 g/mol. The number of phenols is 1. The van der Waals surface area contributed by atoms with E-state index in [-0.39, 0.29) is 5.75 Å². The molecule has 0 saturated heterocycles. The maximum absolute atomic E-state index is 9.54. The summed E-state index contributed by atoms with van der Waals surface area (Å²) < 4.78 is 5.24. The predicted octanol–water partition coefficient (Wildman–Crippen LogP) is 2.77. The van der Waals surface area contributed by atoms with Gasteiger partial charge in [-0.3, -0.25) is 0 Å². The topological polar surface area (TPSA) is 44.7 Å². The molecule has 0 radical (unpaired) electrons. The average Bonchev–Trinajstić information content (AvgIpc) is 2.97. The van der Waals surface area contributed by atoms with Crippen molar-refractivity contribution in [1.29, 1.82) is 0 Å². The third kappa shape index (κ3) is 2.40. The lowest BCUT2D eigenvalue weighted by molar-refractivity contribution is 0.415. The number of nitrogens with one attached hydrogen (secondary N) is 1. The fraction of sp³-hybridized carbons (Fsp3) is 0.125. The quantitative estimate of drug-likeness (QED) is 0.898. The molecule has 0 fully saturated rings. The Hall–Kier alpha value is -2.62. The molecule has 4 heteroatoms. The van der Waals surface area contributed by atoms with Crippen LogP contribution in [-0.4, -0.2) is 18.9 Å². The van der Waals surface area contributed by atoms with Gasteiger partial charge in [-0.15, -0.1) is 0 Å². The second-order valence-electron chi connectivity index (χ2n) is 4.60. The number of phenolic OH excluding ortho intramolecular Hbond substituents is 1. The molecule has 0 aliphatic carbocycles. The molecule has 102 valence electrons. The summed E-state index contributed by atoms with van der Waals surface area (Å²) in [6.07, 6.45) is 2.03. The van der Waals surface area contributed by atoms with Crippen LogP contribution in [0.4, 0.5) is 5.69 Å². The lowest BCUT2D eigenvalue weighted by Gasteiger charge is -2.15. The minimum absolute atomic E-state index is 0.269. The summed E-state index contributed by atoms with van der Waals surface area (Å²) >= 11 is 0. The van der Waals surface area contributed by atoms with Crippen LogP contribution in [0.15, 0.2) is 54.7 Å². The minimum atomic E-state index is 0.269. The van der Waals surface area contributed by atoms with Crippen LogP contribution in [0.5, 0.6) is 11.5 Å². The van der Waals surface area contributed by atoms with Crippen LogP contribution >= 0.6 is 0 Å². The van der Waals surface area contributed by atoms with Crippen molar-refractivity contribution in [2.75, 3.05) is 18.7 Å². The first kappa shape index (κ1) is 12.4. The van der Waals surface area contributed by atoms with E-state index in [0.29, 0.717) is 6.67 Å². The number of hydrogen-bond acceptors (Lipinski definition) is 4. The first-order chi connectivity index (χ1) is 9.76. The largest absolute Gasteiger partial charge is 0.508 e. The lowest BCUT2D eigenvalue weighted by Crippen LogP contribution is -2.20. The van der Waals surface area contributed by atoms with Crippen molar-refractivity contribution in [2.24, 2.45) is 0 Å². The zero-order valence-electron chi connectivity index (χ0n) is 11.2. The van der Waals surface area contributed by atoms with Gasteiger partial charge in [0, 0.05) is 23.5 Å². The van der Waals surface area contributed by atoms with Crippen molar-refractivity contribution < 1.29 is 9.84 Å². The van der Waals surface area contributed by atoms with E-state index in [9.17, 15) is 5.11 Å². The van der Waals surface area contributed by atoms with Crippen LogP contribution in [0, 0.1) is 0 Å². The lowest BCUT2D eigenvalue weighted by atomic mass is 10.1. The zero-order chi connectivity index (χ0) is 13.9. The van der Waals surface area contributed by atoms with Crippen LogP contribution in [0.1, 0.15) is 5.56 Å². The van der Waals surface area contributed by atoms with Gasteiger partial charge in [-0.2, -0.15) is 0 Å². The number of aromatic hydroxyl groups is 1. The van der Waals surface area contributed by atoms with Gasteiger partial charge in [0.15, 0.2) is 0 Å². The van der Waals surface area contributed by atoms with Crippen molar-refractivity contribution >= 4 is 11.4 Å². The van der Waals surface area contributed by atoms with Crippen LogP contribution in [0.2, 0.25) is 0 Å². The molecule has 2 aromatic carbocycles. The van der Waals surface area contributed by atoms with Gasteiger partial charge in [0.25, 0.3) is 0 Å². The van der Waals surface area contributed by atoms with Gasteiger partial charge in [-0.1, -0.05) is 18.2 Å². The SMILES string of the molecule is COc1cccc(N2C=C(c3cccc(O)c3)NC2)c1. The first-order valence-electron chi connectivity index (χ1n) is 6.42. The van der Waals surface area contributed by atoms with E-state index in [2.05, 4.69) is 10.2 Å². The van der Waals surface area contributed by atoms with E-state index in [1.54, 1.807) is 19.2 Å². The molecular weight excluding hydrogens is 252 g/mol. The number of methoxy groups -OCH3 is 1. The van der Waals surface area contributed by atoms with E-state index < -0.39 is 0 Å². The molecule has 2 N–H and O–H groups in total. The summed E-state index contributed by atoms with van der Waals surface area (Å²) in [6, 6.07) is 15.1. The van der Waals surface area contributed by atoms with Gasteiger partial charge < -0.3 is 20.1 Å². The summed E-state index contributed by atoms with van der Waals surface area (Å²) in [5, 5.41) is 12.9. The number of rotatable bonds is 3. The van der Waals surface area contributed by atoms with E-state index in [0.717, 1.165) is 22.7 Å². The number of ether oxygens (including phenoxy) is 1. The summed E-state index contributed by atoms with van der Waals surface area (Å²) in [5.74, 6) is 1.10. The molecule has 0 bridgehead atoms. The van der Waals surface area contributed by atoms with Crippen LogP contribution < -0.4 is 15.0 Å². The molecule has 0 aromatic heterocycles. The molecule has 1 aliphatic rings. The average molecular weight is 268 g/mol. The molecule has 1 aliphatic heterocycles. The number of benzene rings is 2. The summed E-state index contributed by atoms with van der Waals surface area (Å²) in [7, 11) is 1.66. The molecule has 0 amide bonds. The maximum Gasteiger partial charge on any atom is 0.120 e. The van der Waals surface area contributed by atoms with Gasteiger partial charge in [0.1, 0.15) is 11.5 Å². The Balaban J connectivity index is 1.87. The van der Waals surface area contributed by atoms with E-state index >= 15 is 0 Å². The zero-order valence-corrected chi connectivity index (χ0v) is 11.2. The minimum Gasteiger partial charge on any atom is -0.508 e. The van der Waals surface area contributed by atoms with E-state index in [4.69, 9.17) is 4.74 Å². The Morgan fingerprint density at radius 1 is 1.15 bits per heavy atom. The standard InChI is InChI=1S/C16H16N2O2/c1-20-15-7-3-5-13(9-15)18-10-16(17-11-18)12-4-2-6-14(19)8-12/h2-10,17,19H,11H2,1H3. The molecule has 0 saturated carbocycles. The Morgan fingerprint density at radius 2 is 2.00 bits per heavy atom. The van der Waals surface area contributed by atoms with Gasteiger partial charge in [0.2, 0.25) is 0 Å². The highest BCUT2D eigenvalue weighted by Gasteiger charge is 2.15. The van der Waals surface area contributed by atoms with Crippen LogP contribution in [0.3, 0.4) is 0 Å². The van der Waals surface area contributed by atoms with Gasteiger partial charge in [0.05, 0.1) is 19.5 Å². The highest BCUT2D eigenvalue weighted by Crippen LogP contribution is 2.26. The second kappa shape index (κ2) is 5.17. The smallest absolute Gasteiger partial charge is 0.120 e. The number of nitrogens with zero attached hydrogens (tertiary/aromatic N) is 1. The Bertz CT molecular complexity index is 652. The van der Waals surface area contributed by atoms with Gasteiger partial charge >= 0.3 is 0 Å². The summed E-state index contributed by atoms with van der Waals surface area (Å²) in [4.78, 5) is 2.10.